The van der Waals surface area contributed by atoms with Crippen molar-refractivity contribution in [1.29, 1.82) is 0 Å². The zero-order valence-corrected chi connectivity index (χ0v) is 11.1. The molecular formula is C14H19N3O2. The molecule has 1 aliphatic heterocycles. The molecule has 0 aromatic heterocycles. The Labute approximate surface area is 112 Å². The molecule has 2 rings (SSSR count). The quantitative estimate of drug-likeness (QED) is 0.531. The van der Waals surface area contributed by atoms with E-state index in [-0.39, 0.29) is 11.8 Å². The third-order valence-electron chi connectivity index (χ3n) is 3.18. The van der Waals surface area contributed by atoms with Crippen LogP contribution in [0.5, 0.6) is 0 Å². The molecule has 19 heavy (non-hydrogen) atoms. The Hall–Kier alpha value is -1.88. The van der Waals surface area contributed by atoms with E-state index < -0.39 is 0 Å². The summed E-state index contributed by atoms with van der Waals surface area (Å²) >= 11 is 0. The van der Waals surface area contributed by atoms with Crippen LogP contribution in [0.2, 0.25) is 0 Å². The minimum Gasteiger partial charge on any atom is -0.326 e. The minimum atomic E-state index is 0.0197. The van der Waals surface area contributed by atoms with Crippen LogP contribution < -0.4 is 16.2 Å². The maximum absolute atomic E-state index is 11.2. The van der Waals surface area contributed by atoms with Gasteiger partial charge in [0.25, 0.3) is 0 Å². The first-order chi connectivity index (χ1) is 9.19. The van der Waals surface area contributed by atoms with Crippen molar-refractivity contribution in [2.45, 2.75) is 32.1 Å². The number of rotatable bonds is 6. The highest BCUT2D eigenvalue weighted by Gasteiger charge is 2.17. The molecule has 0 atom stereocenters. The van der Waals surface area contributed by atoms with Gasteiger partial charge in [-0.15, -0.1) is 0 Å². The molecular weight excluding hydrogens is 242 g/mol. The molecule has 102 valence electrons. The van der Waals surface area contributed by atoms with Gasteiger partial charge in [-0.2, -0.15) is 0 Å². The largest absolute Gasteiger partial charge is 0.326 e. The molecule has 5 nitrogen and oxygen atoms in total. The van der Waals surface area contributed by atoms with Gasteiger partial charge in [-0.05, 0) is 36.5 Å². The van der Waals surface area contributed by atoms with Crippen LogP contribution in [0, 0.1) is 0 Å². The van der Waals surface area contributed by atoms with Gasteiger partial charge >= 0.3 is 0 Å². The van der Waals surface area contributed by atoms with Crippen molar-refractivity contribution in [2.24, 2.45) is 0 Å². The molecule has 1 aromatic rings. The topological polar surface area (TPSA) is 70.2 Å². The first-order valence-electron chi connectivity index (χ1n) is 6.56. The highest BCUT2D eigenvalue weighted by molar-refractivity contribution is 5.99. The average Bonchev–Trinajstić information content (AvgIpc) is 2.74. The van der Waals surface area contributed by atoms with Gasteiger partial charge in [-0.1, -0.05) is 12.1 Å². The van der Waals surface area contributed by atoms with E-state index in [4.69, 9.17) is 0 Å². The lowest BCUT2D eigenvalue weighted by molar-refractivity contribution is -0.122. The second kappa shape index (κ2) is 6.33. The zero-order chi connectivity index (χ0) is 13.7. The van der Waals surface area contributed by atoms with E-state index in [0.29, 0.717) is 12.8 Å². The van der Waals surface area contributed by atoms with E-state index in [9.17, 15) is 9.59 Å². The Morgan fingerprint density at radius 2 is 2.21 bits per heavy atom. The number of unbranched alkanes of at least 4 members (excludes halogenated alkanes) is 1. The summed E-state index contributed by atoms with van der Waals surface area (Å²) in [6.07, 6.45) is 3.78. The Kier molecular flexibility index (Phi) is 4.52. The SMILES string of the molecule is CNNC(=O)CCCCc1ccc2c(c1)CC(=O)N2. The predicted molar refractivity (Wildman–Crippen MR) is 73.5 cm³/mol. The zero-order valence-electron chi connectivity index (χ0n) is 11.1. The molecule has 1 aromatic carbocycles. The number of benzene rings is 1. The van der Waals surface area contributed by atoms with Gasteiger partial charge in [-0.3, -0.25) is 15.0 Å². The maximum atomic E-state index is 11.2. The minimum absolute atomic E-state index is 0.0197. The summed E-state index contributed by atoms with van der Waals surface area (Å²) in [4.78, 5) is 22.5. The van der Waals surface area contributed by atoms with Crippen molar-refractivity contribution in [3.63, 3.8) is 0 Å². The Morgan fingerprint density at radius 3 is 3.00 bits per heavy atom. The van der Waals surface area contributed by atoms with Gasteiger partial charge in [0.15, 0.2) is 0 Å². The van der Waals surface area contributed by atoms with Crippen LogP contribution in [0.1, 0.15) is 30.4 Å². The van der Waals surface area contributed by atoms with Crippen LogP contribution >= 0.6 is 0 Å². The summed E-state index contributed by atoms with van der Waals surface area (Å²) in [5.41, 5.74) is 8.41. The van der Waals surface area contributed by atoms with Gasteiger partial charge in [0, 0.05) is 19.2 Å². The molecule has 0 spiro atoms. The third kappa shape index (κ3) is 3.79. The molecule has 0 radical (unpaired) electrons. The number of carbonyl (C=O) groups is 2. The van der Waals surface area contributed by atoms with Crippen LogP contribution in [0.15, 0.2) is 18.2 Å². The molecule has 1 aliphatic rings. The molecule has 0 saturated heterocycles. The summed E-state index contributed by atoms with van der Waals surface area (Å²) in [6, 6.07) is 6.09. The standard InChI is InChI=1S/C14H19N3O2/c1-15-17-13(18)5-3-2-4-10-6-7-12-11(8-10)9-14(19)16-12/h6-8,15H,2-5,9H2,1H3,(H,16,19)(H,17,18). The van der Waals surface area contributed by atoms with Crippen LogP contribution in [0.3, 0.4) is 0 Å². The lowest BCUT2D eigenvalue weighted by atomic mass is 10.0. The first-order valence-corrected chi connectivity index (χ1v) is 6.56. The third-order valence-corrected chi connectivity index (χ3v) is 3.18. The van der Waals surface area contributed by atoms with E-state index in [2.05, 4.69) is 22.2 Å². The van der Waals surface area contributed by atoms with Crippen molar-refractivity contribution in [3.05, 3.63) is 29.3 Å². The number of aryl methyl sites for hydroxylation is 1. The van der Waals surface area contributed by atoms with Crippen LogP contribution in [0.4, 0.5) is 5.69 Å². The monoisotopic (exact) mass is 261 g/mol. The van der Waals surface area contributed by atoms with Crippen LogP contribution in [-0.4, -0.2) is 18.9 Å². The smallest absolute Gasteiger partial charge is 0.234 e. The van der Waals surface area contributed by atoms with Crippen molar-refractivity contribution < 1.29 is 9.59 Å². The van der Waals surface area contributed by atoms with Crippen LogP contribution in [-0.2, 0) is 22.4 Å². The molecule has 5 heteroatoms. The first kappa shape index (κ1) is 13.5. The van der Waals surface area contributed by atoms with E-state index in [1.54, 1.807) is 7.05 Å². The van der Waals surface area contributed by atoms with Gasteiger partial charge in [0.05, 0.1) is 6.42 Å². The molecule has 1 heterocycles. The predicted octanol–water partition coefficient (Wildman–Crippen LogP) is 1.14. The second-order valence-corrected chi connectivity index (χ2v) is 4.72. The second-order valence-electron chi connectivity index (χ2n) is 4.72. The fraction of sp³-hybridized carbons (Fsp3) is 0.429. The van der Waals surface area contributed by atoms with Crippen molar-refractivity contribution in [3.8, 4) is 0 Å². The van der Waals surface area contributed by atoms with E-state index >= 15 is 0 Å². The van der Waals surface area contributed by atoms with E-state index in [0.717, 1.165) is 30.5 Å². The highest BCUT2D eigenvalue weighted by atomic mass is 16.2. The van der Waals surface area contributed by atoms with Gasteiger partial charge in [0.2, 0.25) is 11.8 Å². The normalized spacial score (nSPS) is 13.0. The molecule has 0 fully saturated rings. The number of hydrazine groups is 1. The Morgan fingerprint density at radius 1 is 1.37 bits per heavy atom. The van der Waals surface area contributed by atoms with Gasteiger partial charge < -0.3 is 5.32 Å². The van der Waals surface area contributed by atoms with Gasteiger partial charge in [0.1, 0.15) is 0 Å². The Bertz CT molecular complexity index is 486. The number of hydrogen-bond acceptors (Lipinski definition) is 3. The number of carbonyl (C=O) groups excluding carboxylic acids is 2. The van der Waals surface area contributed by atoms with Crippen LogP contribution in [0.25, 0.3) is 0 Å². The molecule has 0 saturated carbocycles. The molecule has 0 aliphatic carbocycles. The average molecular weight is 261 g/mol. The lowest BCUT2D eigenvalue weighted by Gasteiger charge is -2.05. The number of nitrogens with one attached hydrogen (secondary N) is 3. The fourth-order valence-electron chi connectivity index (χ4n) is 2.25. The summed E-state index contributed by atoms with van der Waals surface area (Å²) in [7, 11) is 1.68. The summed E-state index contributed by atoms with van der Waals surface area (Å²) in [5, 5.41) is 2.82. The number of amides is 2. The number of fused-ring (bicyclic) bond motifs is 1. The molecule has 0 unspecified atom stereocenters. The molecule has 2 amide bonds. The van der Waals surface area contributed by atoms with E-state index in [1.807, 2.05) is 12.1 Å². The summed E-state index contributed by atoms with van der Waals surface area (Å²) in [6.45, 7) is 0. The number of anilines is 1. The van der Waals surface area contributed by atoms with Gasteiger partial charge in [-0.25, -0.2) is 5.43 Å². The highest BCUT2D eigenvalue weighted by Crippen LogP contribution is 2.24. The lowest BCUT2D eigenvalue weighted by Crippen LogP contribution is -2.33. The summed E-state index contributed by atoms with van der Waals surface area (Å²) in [5.74, 6) is 0.0853. The molecule has 3 N–H and O–H groups in total. The Balaban J connectivity index is 1.77. The van der Waals surface area contributed by atoms with Crippen molar-refractivity contribution >= 4 is 17.5 Å². The van der Waals surface area contributed by atoms with E-state index in [1.165, 1.54) is 5.56 Å². The summed E-state index contributed by atoms with van der Waals surface area (Å²) < 4.78 is 0. The molecule has 0 bridgehead atoms. The maximum Gasteiger partial charge on any atom is 0.234 e. The van der Waals surface area contributed by atoms with Crippen molar-refractivity contribution in [1.82, 2.24) is 10.9 Å². The fourth-order valence-corrected chi connectivity index (χ4v) is 2.25. The van der Waals surface area contributed by atoms with Crippen molar-refractivity contribution in [2.75, 3.05) is 12.4 Å². The number of hydrogen-bond donors (Lipinski definition) is 3.